The first-order chi connectivity index (χ1) is 12.4. The Kier molecular flexibility index (Phi) is 4.97. The number of nitrogens with zero attached hydrogens (tertiary/aromatic N) is 3. The summed E-state index contributed by atoms with van der Waals surface area (Å²) in [5, 5.41) is 8.84. The zero-order valence-corrected chi connectivity index (χ0v) is 14.3. The Labute approximate surface area is 149 Å². The van der Waals surface area contributed by atoms with E-state index in [-0.39, 0.29) is 31.0 Å². The Morgan fingerprint density at radius 2 is 1.92 bits per heavy atom. The quantitative estimate of drug-likeness (QED) is 0.797. The molecule has 2 aliphatic heterocycles. The maximum absolute atomic E-state index is 12.4. The fourth-order valence-electron chi connectivity index (χ4n) is 3.42. The van der Waals surface area contributed by atoms with Gasteiger partial charge in [0.2, 0.25) is 5.91 Å². The number of aryl methyl sites for hydroxylation is 1. The number of carbonyl (C=O) groups excluding carboxylic acids is 2. The molecule has 0 aliphatic carbocycles. The van der Waals surface area contributed by atoms with E-state index in [1.54, 1.807) is 23.2 Å². The van der Waals surface area contributed by atoms with Crippen molar-refractivity contribution in [1.82, 2.24) is 14.4 Å². The van der Waals surface area contributed by atoms with Crippen LogP contribution in [0.25, 0.3) is 0 Å². The highest BCUT2D eigenvalue weighted by Crippen LogP contribution is 2.33. The number of aliphatic carboxylic acids is 1. The summed E-state index contributed by atoms with van der Waals surface area (Å²) in [6.45, 7) is 1.06. The number of amides is 2. The Morgan fingerprint density at radius 3 is 2.58 bits per heavy atom. The van der Waals surface area contributed by atoms with Gasteiger partial charge < -0.3 is 19.3 Å². The molecule has 140 valence electrons. The lowest BCUT2D eigenvalue weighted by molar-refractivity contribution is -0.137. The third-order valence-corrected chi connectivity index (χ3v) is 4.86. The molecule has 2 fully saturated rings. The van der Waals surface area contributed by atoms with Gasteiger partial charge in [-0.25, -0.2) is 4.79 Å². The number of piperidine rings is 1. The molecule has 1 N–H and O–H groups in total. The van der Waals surface area contributed by atoms with Gasteiger partial charge in [0.15, 0.2) is 0 Å². The highest BCUT2D eigenvalue weighted by molar-refractivity contribution is 5.79. The summed E-state index contributed by atoms with van der Waals surface area (Å²) in [6.07, 6.45) is 2.21. The third-order valence-electron chi connectivity index (χ3n) is 4.86. The van der Waals surface area contributed by atoms with E-state index in [4.69, 9.17) is 9.84 Å². The molecule has 2 saturated heterocycles. The van der Waals surface area contributed by atoms with Gasteiger partial charge in [-0.05, 0) is 6.07 Å². The molecular weight excluding hydrogens is 342 g/mol. The van der Waals surface area contributed by atoms with Crippen molar-refractivity contribution < 1.29 is 24.2 Å². The van der Waals surface area contributed by atoms with Crippen LogP contribution in [0, 0.1) is 0 Å². The highest BCUT2D eigenvalue weighted by Gasteiger charge is 2.47. The minimum atomic E-state index is -1.08. The summed E-state index contributed by atoms with van der Waals surface area (Å²) in [4.78, 5) is 49.5. The fraction of sp³-hybridized carbons (Fsp3) is 0.529. The van der Waals surface area contributed by atoms with Crippen LogP contribution in [0.4, 0.5) is 4.79 Å². The predicted molar refractivity (Wildman–Crippen MR) is 89.6 cm³/mol. The number of aromatic nitrogens is 1. The molecule has 1 aromatic heterocycles. The second-order valence-corrected chi connectivity index (χ2v) is 6.66. The Bertz CT molecular complexity index is 766. The molecule has 0 atom stereocenters. The number of likely N-dealkylation sites (tertiary alicyclic amines) is 1. The lowest BCUT2D eigenvalue weighted by Crippen LogP contribution is -2.49. The van der Waals surface area contributed by atoms with Crippen LogP contribution in [-0.4, -0.2) is 69.2 Å². The summed E-state index contributed by atoms with van der Waals surface area (Å²) in [5.74, 6) is -1.13. The van der Waals surface area contributed by atoms with Crippen molar-refractivity contribution in [3.05, 3.63) is 34.7 Å². The molecule has 2 aliphatic rings. The first-order valence-electron chi connectivity index (χ1n) is 8.51. The molecule has 0 aromatic carbocycles. The van der Waals surface area contributed by atoms with Gasteiger partial charge in [0.1, 0.15) is 12.1 Å². The first-order valence-corrected chi connectivity index (χ1v) is 8.51. The Hall–Kier alpha value is -2.84. The van der Waals surface area contributed by atoms with Crippen molar-refractivity contribution in [2.24, 2.45) is 0 Å². The molecule has 1 aromatic rings. The van der Waals surface area contributed by atoms with Crippen molar-refractivity contribution in [3.8, 4) is 0 Å². The number of hydrogen-bond donors (Lipinski definition) is 1. The summed E-state index contributed by atoms with van der Waals surface area (Å²) >= 11 is 0. The lowest BCUT2D eigenvalue weighted by Gasteiger charge is -2.37. The van der Waals surface area contributed by atoms with E-state index < -0.39 is 17.7 Å². The third kappa shape index (κ3) is 3.87. The minimum Gasteiger partial charge on any atom is -0.480 e. The maximum Gasteiger partial charge on any atom is 0.411 e. The molecule has 9 nitrogen and oxygen atoms in total. The first kappa shape index (κ1) is 18.0. The molecule has 0 saturated carbocycles. The van der Waals surface area contributed by atoms with Gasteiger partial charge in [0.25, 0.3) is 5.56 Å². The second kappa shape index (κ2) is 7.19. The van der Waals surface area contributed by atoms with Gasteiger partial charge in [0, 0.05) is 51.2 Å². The van der Waals surface area contributed by atoms with Crippen molar-refractivity contribution in [1.29, 1.82) is 0 Å². The van der Waals surface area contributed by atoms with Crippen molar-refractivity contribution in [3.63, 3.8) is 0 Å². The van der Waals surface area contributed by atoms with E-state index in [1.165, 1.54) is 15.5 Å². The molecule has 0 unspecified atom stereocenters. The van der Waals surface area contributed by atoms with Crippen LogP contribution in [0.2, 0.25) is 0 Å². The van der Waals surface area contributed by atoms with E-state index in [0.717, 1.165) is 0 Å². The number of carboxylic acid groups (broad SMARTS) is 1. The SMILES string of the molecule is O=C(O)CN1CC2(CCN(C(=O)CCn3ccccc3=O)CC2)OC1=O. The van der Waals surface area contributed by atoms with Crippen LogP contribution < -0.4 is 5.56 Å². The van der Waals surface area contributed by atoms with E-state index >= 15 is 0 Å². The van der Waals surface area contributed by atoms with E-state index in [9.17, 15) is 19.2 Å². The Morgan fingerprint density at radius 1 is 1.19 bits per heavy atom. The van der Waals surface area contributed by atoms with Crippen molar-refractivity contribution in [2.75, 3.05) is 26.2 Å². The van der Waals surface area contributed by atoms with Crippen LogP contribution in [0.15, 0.2) is 29.2 Å². The molecule has 9 heteroatoms. The van der Waals surface area contributed by atoms with E-state index in [1.807, 2.05) is 0 Å². The van der Waals surface area contributed by atoms with E-state index in [0.29, 0.717) is 32.5 Å². The van der Waals surface area contributed by atoms with Crippen LogP contribution in [0.1, 0.15) is 19.3 Å². The molecule has 0 bridgehead atoms. The van der Waals surface area contributed by atoms with Gasteiger partial charge in [-0.2, -0.15) is 0 Å². The number of pyridine rings is 1. The van der Waals surface area contributed by atoms with Crippen LogP contribution in [0.5, 0.6) is 0 Å². The number of carboxylic acids is 1. The van der Waals surface area contributed by atoms with Crippen LogP contribution in [-0.2, 0) is 20.9 Å². The molecule has 26 heavy (non-hydrogen) atoms. The monoisotopic (exact) mass is 363 g/mol. The van der Waals surface area contributed by atoms with Crippen molar-refractivity contribution >= 4 is 18.0 Å². The van der Waals surface area contributed by atoms with Gasteiger partial charge in [-0.3, -0.25) is 19.3 Å². The maximum atomic E-state index is 12.4. The van der Waals surface area contributed by atoms with Gasteiger partial charge in [-0.1, -0.05) is 6.07 Å². The van der Waals surface area contributed by atoms with Gasteiger partial charge in [-0.15, -0.1) is 0 Å². The van der Waals surface area contributed by atoms with Crippen molar-refractivity contribution in [2.45, 2.75) is 31.4 Å². The van der Waals surface area contributed by atoms with E-state index in [2.05, 4.69) is 0 Å². The lowest BCUT2D eigenvalue weighted by atomic mass is 9.91. The summed E-state index contributed by atoms with van der Waals surface area (Å²) in [7, 11) is 0. The standard InChI is InChI=1S/C17H21N3O6/c21-13-3-1-2-7-18(13)8-4-14(22)19-9-5-17(6-10-19)12-20(11-15(23)24)16(25)26-17/h1-3,7H,4-6,8-12H2,(H,23,24). The topological polar surface area (TPSA) is 109 Å². The van der Waals surface area contributed by atoms with Crippen LogP contribution in [0.3, 0.4) is 0 Å². The number of ether oxygens (including phenoxy) is 1. The van der Waals surface area contributed by atoms with Crippen LogP contribution >= 0.6 is 0 Å². The molecule has 3 rings (SSSR count). The average molecular weight is 363 g/mol. The summed E-state index contributed by atoms with van der Waals surface area (Å²) in [6, 6.07) is 4.85. The fourth-order valence-corrected chi connectivity index (χ4v) is 3.42. The zero-order valence-electron chi connectivity index (χ0n) is 14.3. The number of rotatable bonds is 5. The van der Waals surface area contributed by atoms with Gasteiger partial charge >= 0.3 is 12.1 Å². The molecule has 3 heterocycles. The second-order valence-electron chi connectivity index (χ2n) is 6.66. The number of hydrogen-bond acceptors (Lipinski definition) is 5. The zero-order chi connectivity index (χ0) is 18.7. The summed E-state index contributed by atoms with van der Waals surface area (Å²) < 4.78 is 6.91. The Balaban J connectivity index is 1.51. The normalized spacial score (nSPS) is 18.8. The molecular formula is C17H21N3O6. The molecule has 0 radical (unpaired) electrons. The predicted octanol–water partition coefficient (Wildman–Crippen LogP) is 0.136. The smallest absolute Gasteiger partial charge is 0.411 e. The number of carbonyl (C=O) groups is 3. The largest absolute Gasteiger partial charge is 0.480 e. The molecule has 2 amide bonds. The molecule has 1 spiro atoms. The average Bonchev–Trinajstić information content (AvgIpc) is 2.89. The van der Waals surface area contributed by atoms with Gasteiger partial charge in [0.05, 0.1) is 6.54 Å². The summed E-state index contributed by atoms with van der Waals surface area (Å²) in [5.41, 5.74) is -0.853. The highest BCUT2D eigenvalue weighted by atomic mass is 16.6. The minimum absolute atomic E-state index is 0.0534.